The summed E-state index contributed by atoms with van der Waals surface area (Å²) in [6.07, 6.45) is 1.55. The second-order valence-corrected chi connectivity index (χ2v) is 6.02. The molecule has 0 radical (unpaired) electrons. The van der Waals surface area contributed by atoms with Crippen LogP contribution in [0.25, 0.3) is 0 Å². The molecule has 2 N–H and O–H groups in total. The van der Waals surface area contributed by atoms with Crippen LogP contribution < -0.4 is 10.7 Å². The Bertz CT molecular complexity index is 691. The maximum absolute atomic E-state index is 12.0. The number of halogens is 2. The van der Waals surface area contributed by atoms with Crippen LogP contribution in [0.5, 0.6) is 0 Å². The van der Waals surface area contributed by atoms with Crippen LogP contribution in [0.1, 0.15) is 12.5 Å². The number of rotatable bonds is 5. The predicted octanol–water partition coefficient (Wildman–Crippen LogP) is 4.05. The van der Waals surface area contributed by atoms with Crippen molar-refractivity contribution < 1.29 is 4.79 Å². The highest BCUT2D eigenvalue weighted by atomic mass is 79.9. The molecule has 0 aliphatic rings. The molecule has 2 rings (SSSR count). The van der Waals surface area contributed by atoms with Gasteiger partial charge in [-0.05, 0) is 42.8 Å². The highest BCUT2D eigenvalue weighted by Gasteiger charge is 2.11. The number of carbonyl (C=O) groups is 1. The van der Waals surface area contributed by atoms with Crippen LogP contribution in [0.2, 0.25) is 5.02 Å². The Hall–Kier alpha value is -1.85. The fourth-order valence-corrected chi connectivity index (χ4v) is 2.35. The highest BCUT2D eigenvalue weighted by molar-refractivity contribution is 9.10. The first-order chi connectivity index (χ1) is 10.5. The fourth-order valence-electron chi connectivity index (χ4n) is 1.75. The topological polar surface area (TPSA) is 53.5 Å². The molecular formula is C16H15BrClN3O. The zero-order chi connectivity index (χ0) is 15.9. The van der Waals surface area contributed by atoms with Gasteiger partial charge in [-0.1, -0.05) is 45.7 Å². The molecular weight excluding hydrogens is 366 g/mol. The first-order valence-electron chi connectivity index (χ1n) is 6.65. The Morgan fingerprint density at radius 3 is 2.77 bits per heavy atom. The van der Waals surface area contributed by atoms with Crippen molar-refractivity contribution >= 4 is 45.3 Å². The summed E-state index contributed by atoms with van der Waals surface area (Å²) >= 11 is 9.26. The van der Waals surface area contributed by atoms with E-state index in [0.717, 1.165) is 15.7 Å². The third-order valence-electron chi connectivity index (χ3n) is 2.84. The Morgan fingerprint density at radius 2 is 2.05 bits per heavy atom. The number of hydrogen-bond donors (Lipinski definition) is 2. The number of carbonyl (C=O) groups excluding carboxylic acids is 1. The lowest BCUT2D eigenvalue weighted by molar-refractivity contribution is -0.121. The highest BCUT2D eigenvalue weighted by Crippen LogP contribution is 2.16. The van der Waals surface area contributed by atoms with Crippen LogP contribution in [0.4, 0.5) is 5.69 Å². The van der Waals surface area contributed by atoms with Crippen LogP contribution in [0.3, 0.4) is 0 Å². The van der Waals surface area contributed by atoms with Gasteiger partial charge in [0, 0.05) is 15.2 Å². The van der Waals surface area contributed by atoms with Gasteiger partial charge in [-0.15, -0.1) is 0 Å². The van der Waals surface area contributed by atoms with Crippen molar-refractivity contribution in [1.29, 1.82) is 0 Å². The third kappa shape index (κ3) is 5.16. The minimum atomic E-state index is -0.411. The predicted molar refractivity (Wildman–Crippen MR) is 94.4 cm³/mol. The van der Waals surface area contributed by atoms with Crippen LogP contribution in [-0.4, -0.2) is 18.2 Å². The Balaban J connectivity index is 1.89. The number of hydrazone groups is 1. The Labute approximate surface area is 142 Å². The molecule has 0 saturated carbocycles. The molecule has 6 heteroatoms. The van der Waals surface area contributed by atoms with E-state index in [9.17, 15) is 4.79 Å². The standard InChI is InChI=1S/C16H15BrClN3O/c1-11(20-15-7-3-5-13(17)9-15)16(22)21-19-10-12-4-2-6-14(18)8-12/h2-11,20H,1H3,(H,21,22). The van der Waals surface area contributed by atoms with Gasteiger partial charge < -0.3 is 5.32 Å². The lowest BCUT2D eigenvalue weighted by Crippen LogP contribution is -2.34. The quantitative estimate of drug-likeness (QED) is 0.607. The van der Waals surface area contributed by atoms with E-state index in [-0.39, 0.29) is 5.91 Å². The molecule has 1 unspecified atom stereocenters. The molecule has 114 valence electrons. The van der Waals surface area contributed by atoms with Gasteiger partial charge >= 0.3 is 0 Å². The number of amides is 1. The maximum Gasteiger partial charge on any atom is 0.262 e. The van der Waals surface area contributed by atoms with Crippen molar-refractivity contribution in [3.05, 3.63) is 63.6 Å². The first-order valence-corrected chi connectivity index (χ1v) is 7.82. The zero-order valence-corrected chi connectivity index (χ0v) is 14.2. The van der Waals surface area contributed by atoms with Gasteiger partial charge in [-0.2, -0.15) is 5.10 Å². The average molecular weight is 381 g/mol. The SMILES string of the molecule is CC(Nc1cccc(Br)c1)C(=O)NN=Cc1cccc(Cl)c1. The molecule has 0 fully saturated rings. The van der Waals surface area contributed by atoms with Gasteiger partial charge in [0.2, 0.25) is 0 Å². The lowest BCUT2D eigenvalue weighted by atomic mass is 10.2. The maximum atomic E-state index is 12.0. The summed E-state index contributed by atoms with van der Waals surface area (Å²) in [5.74, 6) is -0.224. The van der Waals surface area contributed by atoms with Gasteiger partial charge in [-0.25, -0.2) is 5.43 Å². The molecule has 22 heavy (non-hydrogen) atoms. The summed E-state index contributed by atoms with van der Waals surface area (Å²) in [6, 6.07) is 14.4. The second-order valence-electron chi connectivity index (χ2n) is 4.67. The van der Waals surface area contributed by atoms with Gasteiger partial charge in [0.1, 0.15) is 6.04 Å². The van der Waals surface area contributed by atoms with Crippen molar-refractivity contribution in [3.63, 3.8) is 0 Å². The molecule has 0 aliphatic heterocycles. The summed E-state index contributed by atoms with van der Waals surface area (Å²) in [5, 5.41) is 7.66. The normalized spacial score (nSPS) is 12.1. The fraction of sp³-hybridized carbons (Fsp3) is 0.125. The molecule has 0 aliphatic carbocycles. The van der Waals surface area contributed by atoms with Crippen LogP contribution >= 0.6 is 27.5 Å². The Morgan fingerprint density at radius 1 is 1.27 bits per heavy atom. The molecule has 0 bridgehead atoms. The van der Waals surface area contributed by atoms with Crippen molar-refractivity contribution in [2.75, 3.05) is 5.32 Å². The van der Waals surface area contributed by atoms with Gasteiger partial charge in [0.05, 0.1) is 6.21 Å². The zero-order valence-electron chi connectivity index (χ0n) is 11.9. The molecule has 0 saturated heterocycles. The number of nitrogens with zero attached hydrogens (tertiary/aromatic N) is 1. The molecule has 1 amide bonds. The molecule has 4 nitrogen and oxygen atoms in total. The third-order valence-corrected chi connectivity index (χ3v) is 3.57. The summed E-state index contributed by atoms with van der Waals surface area (Å²) in [4.78, 5) is 12.0. The van der Waals surface area contributed by atoms with E-state index in [4.69, 9.17) is 11.6 Å². The van der Waals surface area contributed by atoms with Crippen LogP contribution in [-0.2, 0) is 4.79 Å². The number of hydrogen-bond acceptors (Lipinski definition) is 3. The molecule has 0 aromatic heterocycles. The van der Waals surface area contributed by atoms with E-state index in [1.165, 1.54) is 0 Å². The van der Waals surface area contributed by atoms with E-state index in [1.54, 1.807) is 25.3 Å². The number of nitrogens with one attached hydrogen (secondary N) is 2. The number of anilines is 1. The smallest absolute Gasteiger partial charge is 0.262 e. The summed E-state index contributed by atoms with van der Waals surface area (Å²) in [7, 11) is 0. The van der Waals surface area contributed by atoms with Crippen molar-refractivity contribution in [1.82, 2.24) is 5.43 Å². The second kappa shape index (κ2) is 7.96. The minimum absolute atomic E-state index is 0.224. The van der Waals surface area contributed by atoms with Crippen molar-refractivity contribution in [2.24, 2.45) is 5.10 Å². The largest absolute Gasteiger partial charge is 0.374 e. The molecule has 1 atom stereocenters. The minimum Gasteiger partial charge on any atom is -0.374 e. The number of benzene rings is 2. The molecule has 0 heterocycles. The summed E-state index contributed by atoms with van der Waals surface area (Å²) in [6.45, 7) is 1.77. The van der Waals surface area contributed by atoms with E-state index in [0.29, 0.717) is 5.02 Å². The first kappa shape index (κ1) is 16.5. The monoisotopic (exact) mass is 379 g/mol. The van der Waals surface area contributed by atoms with Gasteiger partial charge in [0.15, 0.2) is 0 Å². The van der Waals surface area contributed by atoms with E-state index in [1.807, 2.05) is 36.4 Å². The van der Waals surface area contributed by atoms with Crippen molar-refractivity contribution in [2.45, 2.75) is 13.0 Å². The van der Waals surface area contributed by atoms with Crippen LogP contribution in [0.15, 0.2) is 58.1 Å². The Kier molecular flexibility index (Phi) is 5.98. The summed E-state index contributed by atoms with van der Waals surface area (Å²) in [5.41, 5.74) is 4.18. The summed E-state index contributed by atoms with van der Waals surface area (Å²) < 4.78 is 0.948. The molecule has 0 spiro atoms. The lowest BCUT2D eigenvalue weighted by Gasteiger charge is -2.13. The van der Waals surface area contributed by atoms with Gasteiger partial charge in [-0.3, -0.25) is 4.79 Å². The molecule has 2 aromatic carbocycles. The van der Waals surface area contributed by atoms with Crippen LogP contribution in [0, 0.1) is 0 Å². The van der Waals surface area contributed by atoms with E-state index < -0.39 is 6.04 Å². The average Bonchev–Trinajstić information content (AvgIpc) is 2.47. The van der Waals surface area contributed by atoms with E-state index in [2.05, 4.69) is 31.8 Å². The van der Waals surface area contributed by atoms with Gasteiger partial charge in [0.25, 0.3) is 5.91 Å². The molecule has 2 aromatic rings. The van der Waals surface area contributed by atoms with E-state index >= 15 is 0 Å². The van der Waals surface area contributed by atoms with Crippen molar-refractivity contribution in [3.8, 4) is 0 Å².